The number of hydrogen-bond acceptors (Lipinski definition) is 3. The fourth-order valence-corrected chi connectivity index (χ4v) is 2.50. The highest BCUT2D eigenvalue weighted by Crippen LogP contribution is 2.19. The lowest BCUT2D eigenvalue weighted by Crippen LogP contribution is -2.45. The van der Waals surface area contributed by atoms with E-state index in [-0.39, 0.29) is 11.9 Å². The molecule has 0 spiro atoms. The molecule has 1 fully saturated rings. The second-order valence-corrected chi connectivity index (χ2v) is 5.32. The molecular formula is C13H22N4O. The predicted octanol–water partition coefficient (Wildman–Crippen LogP) is 0.846. The number of rotatable bonds is 3. The van der Waals surface area contributed by atoms with Gasteiger partial charge < -0.3 is 10.6 Å². The van der Waals surface area contributed by atoms with Crippen molar-refractivity contribution in [1.82, 2.24) is 15.1 Å². The molecule has 0 saturated carbocycles. The van der Waals surface area contributed by atoms with E-state index in [9.17, 15) is 4.79 Å². The summed E-state index contributed by atoms with van der Waals surface area (Å²) in [6, 6.07) is 2.08. The van der Waals surface area contributed by atoms with Crippen molar-refractivity contribution in [2.45, 2.75) is 39.2 Å². The topological polar surface area (TPSA) is 75.0 Å². The van der Waals surface area contributed by atoms with Gasteiger partial charge in [0, 0.05) is 24.8 Å². The van der Waals surface area contributed by atoms with Crippen molar-refractivity contribution < 1.29 is 4.79 Å². The van der Waals surface area contributed by atoms with E-state index in [2.05, 4.69) is 10.2 Å². The average molecular weight is 250 g/mol. The maximum atomic E-state index is 12.2. The van der Waals surface area contributed by atoms with Crippen LogP contribution in [0.5, 0.6) is 0 Å². The average Bonchev–Trinajstić information content (AvgIpc) is 2.75. The van der Waals surface area contributed by atoms with Gasteiger partial charge in [0.2, 0.25) is 5.91 Å². The van der Waals surface area contributed by atoms with E-state index in [0.29, 0.717) is 12.3 Å². The molecule has 1 aliphatic rings. The number of amides is 1. The Labute approximate surface area is 108 Å². The van der Waals surface area contributed by atoms with Gasteiger partial charge in [-0.3, -0.25) is 9.89 Å². The summed E-state index contributed by atoms with van der Waals surface area (Å²) >= 11 is 0. The Morgan fingerprint density at radius 1 is 1.72 bits per heavy atom. The second kappa shape index (κ2) is 5.52. The van der Waals surface area contributed by atoms with Crippen LogP contribution >= 0.6 is 0 Å². The second-order valence-electron chi connectivity index (χ2n) is 5.32. The highest BCUT2D eigenvalue weighted by molar-refractivity contribution is 5.78. The first kappa shape index (κ1) is 13.1. The molecule has 1 amide bonds. The largest absolute Gasteiger partial charge is 0.342 e. The Kier molecular flexibility index (Phi) is 4.01. The lowest BCUT2D eigenvalue weighted by molar-refractivity contribution is -0.132. The minimum absolute atomic E-state index is 0.159. The van der Waals surface area contributed by atoms with Crippen molar-refractivity contribution >= 4 is 5.91 Å². The molecule has 0 aliphatic carbocycles. The fraction of sp³-hybridized carbons (Fsp3) is 0.692. The molecule has 1 aromatic rings. The van der Waals surface area contributed by atoms with Crippen LogP contribution in [-0.2, 0) is 11.2 Å². The molecule has 100 valence electrons. The van der Waals surface area contributed by atoms with Gasteiger partial charge in [-0.15, -0.1) is 0 Å². The van der Waals surface area contributed by atoms with Gasteiger partial charge in [0.25, 0.3) is 0 Å². The maximum Gasteiger partial charge on any atom is 0.228 e. The lowest BCUT2D eigenvalue weighted by atomic mass is 9.92. The van der Waals surface area contributed by atoms with Crippen LogP contribution in [0.15, 0.2) is 6.07 Å². The Morgan fingerprint density at radius 3 is 3.11 bits per heavy atom. The van der Waals surface area contributed by atoms with Gasteiger partial charge >= 0.3 is 0 Å². The molecular weight excluding hydrogens is 228 g/mol. The molecule has 0 bridgehead atoms. The minimum atomic E-state index is 0.159. The first-order valence-corrected chi connectivity index (χ1v) is 6.60. The van der Waals surface area contributed by atoms with E-state index >= 15 is 0 Å². The van der Waals surface area contributed by atoms with Crippen LogP contribution in [0.4, 0.5) is 0 Å². The lowest BCUT2D eigenvalue weighted by Gasteiger charge is -2.34. The molecule has 1 saturated heterocycles. The summed E-state index contributed by atoms with van der Waals surface area (Å²) < 4.78 is 0. The summed E-state index contributed by atoms with van der Waals surface area (Å²) in [6.07, 6.45) is 2.57. The summed E-state index contributed by atoms with van der Waals surface area (Å²) in [5, 5.41) is 6.97. The number of nitrogens with zero attached hydrogens (tertiary/aromatic N) is 2. The van der Waals surface area contributed by atoms with E-state index in [1.54, 1.807) is 0 Å². The summed E-state index contributed by atoms with van der Waals surface area (Å²) in [5.74, 6) is 0.593. The summed E-state index contributed by atoms with van der Waals surface area (Å²) in [4.78, 5) is 14.1. The Bertz CT molecular complexity index is 413. The summed E-state index contributed by atoms with van der Waals surface area (Å²) in [5.41, 5.74) is 7.74. The van der Waals surface area contributed by atoms with E-state index < -0.39 is 0 Å². The number of likely N-dealkylation sites (tertiary alicyclic amines) is 1. The van der Waals surface area contributed by atoms with Gasteiger partial charge in [0.1, 0.15) is 0 Å². The van der Waals surface area contributed by atoms with Gasteiger partial charge in [-0.2, -0.15) is 5.10 Å². The van der Waals surface area contributed by atoms with Crippen LogP contribution < -0.4 is 5.73 Å². The van der Waals surface area contributed by atoms with Crippen molar-refractivity contribution in [1.29, 1.82) is 0 Å². The zero-order valence-corrected chi connectivity index (χ0v) is 11.1. The van der Waals surface area contributed by atoms with Gasteiger partial charge in [-0.25, -0.2) is 0 Å². The standard InChI is InChI=1S/C13H22N4O/c1-9-6-12(16-15-9)7-13(18)17-5-3-4-11(8-17)10(2)14/h6,10-11H,3-5,7-8,14H2,1-2H3,(H,15,16)/t10-,11+/m0/s1. The minimum Gasteiger partial charge on any atom is -0.342 e. The van der Waals surface area contributed by atoms with E-state index in [1.165, 1.54) is 0 Å². The van der Waals surface area contributed by atoms with Crippen LogP contribution in [0.1, 0.15) is 31.2 Å². The predicted molar refractivity (Wildman–Crippen MR) is 70.0 cm³/mol. The first-order valence-electron chi connectivity index (χ1n) is 6.60. The number of carbonyl (C=O) groups excluding carboxylic acids is 1. The molecule has 2 rings (SSSR count). The molecule has 0 unspecified atom stereocenters. The van der Waals surface area contributed by atoms with Gasteiger partial charge in [-0.1, -0.05) is 0 Å². The molecule has 0 radical (unpaired) electrons. The smallest absolute Gasteiger partial charge is 0.228 e. The SMILES string of the molecule is Cc1cc(CC(=O)N2CCC[C@@H]([C@H](C)N)C2)n[nH]1. The first-order chi connectivity index (χ1) is 8.56. The Morgan fingerprint density at radius 2 is 2.50 bits per heavy atom. The van der Waals surface area contributed by atoms with Gasteiger partial charge in [-0.05, 0) is 38.7 Å². The van der Waals surface area contributed by atoms with Crippen molar-refractivity contribution in [2.75, 3.05) is 13.1 Å². The number of nitrogens with two attached hydrogens (primary N) is 1. The Hall–Kier alpha value is -1.36. The number of aromatic nitrogens is 2. The number of aryl methyl sites for hydroxylation is 1. The molecule has 18 heavy (non-hydrogen) atoms. The van der Waals surface area contributed by atoms with Gasteiger partial charge in [0.15, 0.2) is 0 Å². The van der Waals surface area contributed by atoms with Crippen LogP contribution in [0.3, 0.4) is 0 Å². The molecule has 1 aromatic heterocycles. The number of aromatic amines is 1. The quantitative estimate of drug-likeness (QED) is 0.835. The Balaban J connectivity index is 1.92. The number of piperidine rings is 1. The van der Waals surface area contributed by atoms with E-state index in [1.807, 2.05) is 24.8 Å². The van der Waals surface area contributed by atoms with Crippen LogP contribution in [-0.4, -0.2) is 40.1 Å². The number of nitrogens with one attached hydrogen (secondary N) is 1. The highest BCUT2D eigenvalue weighted by atomic mass is 16.2. The molecule has 3 N–H and O–H groups in total. The molecule has 1 aliphatic heterocycles. The molecule has 2 heterocycles. The maximum absolute atomic E-state index is 12.2. The van der Waals surface area contributed by atoms with Crippen molar-refractivity contribution in [3.05, 3.63) is 17.5 Å². The van der Waals surface area contributed by atoms with Crippen molar-refractivity contribution in [3.63, 3.8) is 0 Å². The summed E-state index contributed by atoms with van der Waals surface area (Å²) in [7, 11) is 0. The third-order valence-corrected chi connectivity index (χ3v) is 3.65. The zero-order valence-electron chi connectivity index (χ0n) is 11.1. The molecule has 0 aromatic carbocycles. The van der Waals surface area contributed by atoms with Crippen LogP contribution in [0.2, 0.25) is 0 Å². The molecule has 5 nitrogen and oxygen atoms in total. The molecule has 5 heteroatoms. The normalized spacial score (nSPS) is 21.9. The number of carbonyl (C=O) groups is 1. The summed E-state index contributed by atoms with van der Waals surface area (Å²) in [6.45, 7) is 5.61. The highest BCUT2D eigenvalue weighted by Gasteiger charge is 2.25. The number of hydrogen-bond donors (Lipinski definition) is 2. The zero-order chi connectivity index (χ0) is 13.1. The van der Waals surface area contributed by atoms with Crippen molar-refractivity contribution in [3.8, 4) is 0 Å². The van der Waals surface area contributed by atoms with Crippen molar-refractivity contribution in [2.24, 2.45) is 11.7 Å². The van der Waals surface area contributed by atoms with E-state index in [4.69, 9.17) is 5.73 Å². The molecule has 2 atom stereocenters. The van der Waals surface area contributed by atoms with Gasteiger partial charge in [0.05, 0.1) is 12.1 Å². The monoisotopic (exact) mass is 250 g/mol. The van der Waals surface area contributed by atoms with E-state index in [0.717, 1.165) is 37.3 Å². The number of H-pyrrole nitrogens is 1. The van der Waals surface area contributed by atoms with Crippen LogP contribution in [0, 0.1) is 12.8 Å². The third-order valence-electron chi connectivity index (χ3n) is 3.65. The third kappa shape index (κ3) is 3.10. The van der Waals surface area contributed by atoms with Crippen LogP contribution in [0.25, 0.3) is 0 Å². The fourth-order valence-electron chi connectivity index (χ4n) is 2.50.